The summed E-state index contributed by atoms with van der Waals surface area (Å²) < 4.78 is 0. The Labute approximate surface area is 66.4 Å². The number of aromatic nitrogens is 2. The maximum absolute atomic E-state index is 10.7. The summed E-state index contributed by atoms with van der Waals surface area (Å²) in [5.74, 6) is 0. The van der Waals surface area contributed by atoms with E-state index in [4.69, 9.17) is 5.73 Å². The molecule has 0 aliphatic heterocycles. The van der Waals surface area contributed by atoms with E-state index in [2.05, 4.69) is 5.10 Å². The molecule has 1 heterocycles. The van der Waals surface area contributed by atoms with E-state index < -0.39 is 21.9 Å². The van der Waals surface area contributed by atoms with Crippen LogP contribution in [0.15, 0.2) is 4.79 Å². The highest BCUT2D eigenvalue weighted by molar-refractivity contribution is 5.57. The zero-order valence-electron chi connectivity index (χ0n) is 6.20. The Bertz CT molecular complexity index is 383. The van der Waals surface area contributed by atoms with E-state index >= 15 is 0 Å². The number of hydrogen-bond acceptors (Lipinski definition) is 5. The van der Waals surface area contributed by atoms with Crippen LogP contribution in [-0.4, -0.2) is 15.1 Å². The van der Waals surface area contributed by atoms with Crippen LogP contribution in [0.2, 0.25) is 0 Å². The highest BCUT2D eigenvalue weighted by Crippen LogP contribution is 2.18. The lowest BCUT2D eigenvalue weighted by molar-refractivity contribution is -0.384. The molecule has 12 heavy (non-hydrogen) atoms. The monoisotopic (exact) mass is 170 g/mol. The van der Waals surface area contributed by atoms with Gasteiger partial charge in [-0.15, -0.1) is 0 Å². The highest BCUT2D eigenvalue weighted by atomic mass is 16.6. The smallest absolute Gasteiger partial charge is 0.320 e. The predicted octanol–water partition coefficient (Wildman–Crippen LogP) is -0.431. The molecule has 0 fully saturated rings. The minimum atomic E-state index is -0.743. The van der Waals surface area contributed by atoms with Crippen LogP contribution >= 0.6 is 0 Å². The molecule has 0 atom stereocenters. The summed E-state index contributed by atoms with van der Waals surface area (Å²) in [7, 11) is 0. The molecule has 1 rings (SSSR count). The number of nitrogens with one attached hydrogen (secondary N) is 1. The fraction of sp³-hybridized carbons (Fsp3) is 0.200. The van der Waals surface area contributed by atoms with Crippen molar-refractivity contribution in [2.45, 2.75) is 6.92 Å². The first-order valence-electron chi connectivity index (χ1n) is 3.03. The van der Waals surface area contributed by atoms with Crippen molar-refractivity contribution in [2.75, 3.05) is 5.73 Å². The SMILES string of the molecule is Cc1n[nH]c(=O)c(N)c1[N+](=O)[O-]. The summed E-state index contributed by atoms with van der Waals surface area (Å²) in [6, 6.07) is 0. The molecular weight excluding hydrogens is 164 g/mol. The molecule has 0 aliphatic rings. The minimum Gasteiger partial charge on any atom is -0.389 e. The fourth-order valence-electron chi connectivity index (χ4n) is 0.781. The molecule has 64 valence electrons. The molecule has 1 aromatic rings. The zero-order valence-corrected chi connectivity index (χ0v) is 6.20. The Morgan fingerprint density at radius 3 is 2.67 bits per heavy atom. The van der Waals surface area contributed by atoms with Crippen molar-refractivity contribution in [1.82, 2.24) is 10.2 Å². The van der Waals surface area contributed by atoms with E-state index in [1.807, 2.05) is 5.10 Å². The van der Waals surface area contributed by atoms with Crippen molar-refractivity contribution in [1.29, 1.82) is 0 Å². The van der Waals surface area contributed by atoms with Crippen LogP contribution in [0, 0.1) is 17.0 Å². The number of rotatable bonds is 1. The van der Waals surface area contributed by atoms with Crippen LogP contribution in [0.1, 0.15) is 5.69 Å². The van der Waals surface area contributed by atoms with E-state index in [1.54, 1.807) is 0 Å². The van der Waals surface area contributed by atoms with Gasteiger partial charge in [0, 0.05) is 0 Å². The lowest BCUT2D eigenvalue weighted by atomic mass is 10.3. The van der Waals surface area contributed by atoms with Crippen molar-refractivity contribution in [3.05, 3.63) is 26.2 Å². The highest BCUT2D eigenvalue weighted by Gasteiger charge is 2.18. The van der Waals surface area contributed by atoms with Crippen LogP contribution in [0.5, 0.6) is 0 Å². The number of nitrogens with zero attached hydrogens (tertiary/aromatic N) is 2. The minimum absolute atomic E-state index is 0.0945. The average molecular weight is 170 g/mol. The van der Waals surface area contributed by atoms with Gasteiger partial charge in [-0.2, -0.15) is 5.10 Å². The van der Waals surface area contributed by atoms with Gasteiger partial charge in [-0.3, -0.25) is 14.9 Å². The maximum atomic E-state index is 10.7. The normalized spacial score (nSPS) is 9.75. The Morgan fingerprint density at radius 2 is 2.25 bits per heavy atom. The van der Waals surface area contributed by atoms with Gasteiger partial charge in [-0.1, -0.05) is 0 Å². The van der Waals surface area contributed by atoms with Crippen LogP contribution in [-0.2, 0) is 0 Å². The molecule has 0 radical (unpaired) electrons. The number of hydrogen-bond donors (Lipinski definition) is 2. The molecule has 0 spiro atoms. The lowest BCUT2D eigenvalue weighted by Gasteiger charge is -1.96. The van der Waals surface area contributed by atoms with Crippen LogP contribution in [0.25, 0.3) is 0 Å². The number of aromatic amines is 1. The number of nitrogen functional groups attached to an aromatic ring is 1. The molecule has 0 bridgehead atoms. The predicted molar refractivity (Wildman–Crippen MR) is 40.7 cm³/mol. The van der Waals surface area contributed by atoms with Gasteiger partial charge in [-0.25, -0.2) is 5.10 Å². The van der Waals surface area contributed by atoms with Gasteiger partial charge in [0.2, 0.25) is 0 Å². The second-order valence-electron chi connectivity index (χ2n) is 2.16. The number of anilines is 1. The summed E-state index contributed by atoms with van der Waals surface area (Å²) in [6.07, 6.45) is 0. The molecule has 0 saturated carbocycles. The lowest BCUT2D eigenvalue weighted by Crippen LogP contribution is -2.16. The summed E-state index contributed by atoms with van der Waals surface area (Å²) in [5, 5.41) is 15.8. The number of aryl methyl sites for hydroxylation is 1. The first kappa shape index (κ1) is 8.18. The molecule has 7 heteroatoms. The Kier molecular flexibility index (Phi) is 1.78. The molecule has 3 N–H and O–H groups in total. The van der Waals surface area contributed by atoms with Gasteiger partial charge in [-0.05, 0) is 6.92 Å². The second-order valence-corrected chi connectivity index (χ2v) is 2.16. The van der Waals surface area contributed by atoms with Gasteiger partial charge in [0.15, 0.2) is 5.69 Å². The van der Waals surface area contributed by atoms with Gasteiger partial charge in [0.25, 0.3) is 5.56 Å². The molecule has 0 saturated heterocycles. The first-order chi connectivity index (χ1) is 5.54. The van der Waals surface area contributed by atoms with Crippen LogP contribution < -0.4 is 11.3 Å². The Hall–Kier alpha value is -1.92. The van der Waals surface area contributed by atoms with E-state index in [9.17, 15) is 14.9 Å². The van der Waals surface area contributed by atoms with E-state index in [0.717, 1.165) is 0 Å². The van der Waals surface area contributed by atoms with E-state index in [-0.39, 0.29) is 5.69 Å². The average Bonchev–Trinajstić information content (AvgIpc) is 1.97. The third kappa shape index (κ3) is 1.11. The Morgan fingerprint density at radius 1 is 1.67 bits per heavy atom. The number of nitro groups is 1. The molecule has 1 aromatic heterocycles. The van der Waals surface area contributed by atoms with Gasteiger partial charge < -0.3 is 5.73 Å². The standard InChI is InChI=1S/C5H6N4O3/c1-2-4(9(11)12)3(6)5(10)8-7-2/h1H3,(H2,6,7)(H,8,10). The van der Waals surface area contributed by atoms with Gasteiger partial charge in [0.05, 0.1) is 4.92 Å². The van der Waals surface area contributed by atoms with Crippen molar-refractivity contribution in [2.24, 2.45) is 0 Å². The molecule has 0 aliphatic carbocycles. The molecule has 0 amide bonds. The third-order valence-corrected chi connectivity index (χ3v) is 1.35. The number of H-pyrrole nitrogens is 1. The maximum Gasteiger partial charge on any atom is 0.320 e. The zero-order chi connectivity index (χ0) is 9.30. The summed E-state index contributed by atoms with van der Waals surface area (Å²) >= 11 is 0. The van der Waals surface area contributed by atoms with Crippen molar-refractivity contribution in [3.8, 4) is 0 Å². The molecule has 7 nitrogen and oxygen atoms in total. The van der Waals surface area contributed by atoms with Crippen LogP contribution in [0.3, 0.4) is 0 Å². The fourth-order valence-corrected chi connectivity index (χ4v) is 0.781. The second kappa shape index (κ2) is 2.61. The largest absolute Gasteiger partial charge is 0.389 e. The van der Waals surface area contributed by atoms with Gasteiger partial charge >= 0.3 is 5.69 Å². The van der Waals surface area contributed by atoms with Crippen molar-refractivity contribution < 1.29 is 4.92 Å². The van der Waals surface area contributed by atoms with E-state index in [1.165, 1.54) is 6.92 Å². The molecular formula is C5H6N4O3. The molecule has 0 aromatic carbocycles. The summed E-state index contributed by atoms with van der Waals surface area (Å²) in [6.45, 7) is 1.39. The quantitative estimate of drug-likeness (QED) is 0.438. The van der Waals surface area contributed by atoms with Crippen molar-refractivity contribution in [3.63, 3.8) is 0 Å². The molecule has 0 unspecified atom stereocenters. The third-order valence-electron chi connectivity index (χ3n) is 1.35. The van der Waals surface area contributed by atoms with E-state index in [0.29, 0.717) is 0 Å². The summed E-state index contributed by atoms with van der Waals surface area (Å²) in [4.78, 5) is 20.3. The van der Waals surface area contributed by atoms with Crippen molar-refractivity contribution >= 4 is 11.4 Å². The Balaban J connectivity index is 3.54. The first-order valence-corrected chi connectivity index (χ1v) is 3.03. The van der Waals surface area contributed by atoms with Gasteiger partial charge in [0.1, 0.15) is 5.69 Å². The van der Waals surface area contributed by atoms with Crippen LogP contribution in [0.4, 0.5) is 11.4 Å². The number of nitrogens with two attached hydrogens (primary N) is 1. The topological polar surface area (TPSA) is 115 Å². The summed E-state index contributed by atoms with van der Waals surface area (Å²) in [5.41, 5.74) is 3.67.